The van der Waals surface area contributed by atoms with Gasteiger partial charge in [-0.05, 0) is 48.7 Å². The average molecular weight is 353 g/mol. The summed E-state index contributed by atoms with van der Waals surface area (Å²) < 4.78 is 1.76. The molecule has 2 heterocycles. The van der Waals surface area contributed by atoms with Crippen LogP contribution in [0.4, 0.5) is 11.5 Å². The molecule has 1 aromatic carbocycles. The summed E-state index contributed by atoms with van der Waals surface area (Å²) in [5.74, 6) is 1.49. The van der Waals surface area contributed by atoms with E-state index < -0.39 is 0 Å². The number of aromatic nitrogens is 4. The molecule has 0 unspecified atom stereocenters. The number of nitrogens with one attached hydrogen (secondary N) is 1. The van der Waals surface area contributed by atoms with Crippen LogP contribution in [0.3, 0.4) is 0 Å². The standard InChI is InChI=1S/C18H17ClN6/c19-13-2-1-3-15(11-13)21-16-8-9-17-22-23-18(25(17)24-16)10-12-4-6-14(20)7-5-12/h3-9,11H,1-2,10,20H2,(H,21,24). The van der Waals surface area contributed by atoms with Crippen molar-refractivity contribution in [3.8, 4) is 0 Å². The van der Waals surface area contributed by atoms with Gasteiger partial charge in [0.05, 0.1) is 0 Å². The molecule has 2 aromatic heterocycles. The van der Waals surface area contributed by atoms with Crippen LogP contribution in [0.15, 0.2) is 59.3 Å². The van der Waals surface area contributed by atoms with Crippen LogP contribution >= 0.6 is 11.6 Å². The van der Waals surface area contributed by atoms with Crippen LogP contribution in [0, 0.1) is 0 Å². The number of hydrogen-bond donors (Lipinski definition) is 2. The van der Waals surface area contributed by atoms with E-state index in [-0.39, 0.29) is 0 Å². The van der Waals surface area contributed by atoms with E-state index in [0.29, 0.717) is 12.1 Å². The van der Waals surface area contributed by atoms with E-state index in [4.69, 9.17) is 17.3 Å². The van der Waals surface area contributed by atoms with Crippen LogP contribution in [0.25, 0.3) is 5.65 Å². The normalized spacial score (nSPS) is 14.3. The van der Waals surface area contributed by atoms with Crippen LogP contribution in [-0.2, 0) is 6.42 Å². The highest BCUT2D eigenvalue weighted by molar-refractivity contribution is 6.29. The van der Waals surface area contributed by atoms with Gasteiger partial charge >= 0.3 is 0 Å². The topological polar surface area (TPSA) is 81.1 Å². The summed E-state index contributed by atoms with van der Waals surface area (Å²) in [6.07, 6.45) is 6.48. The molecule has 4 rings (SSSR count). The van der Waals surface area contributed by atoms with Gasteiger partial charge in [0, 0.05) is 22.8 Å². The molecule has 1 aliphatic rings. The maximum Gasteiger partial charge on any atom is 0.178 e. The third-order valence-corrected chi connectivity index (χ3v) is 4.30. The molecule has 0 bridgehead atoms. The van der Waals surface area contributed by atoms with Gasteiger partial charge in [-0.1, -0.05) is 29.8 Å². The van der Waals surface area contributed by atoms with Crippen molar-refractivity contribution in [3.05, 3.63) is 70.7 Å². The Labute approximate surface area is 150 Å². The smallest absolute Gasteiger partial charge is 0.178 e. The predicted octanol–water partition coefficient (Wildman–Crippen LogP) is 3.51. The molecule has 0 aliphatic heterocycles. The number of rotatable bonds is 4. The van der Waals surface area contributed by atoms with E-state index in [1.165, 1.54) is 0 Å². The lowest BCUT2D eigenvalue weighted by molar-refractivity contribution is 0.840. The summed E-state index contributed by atoms with van der Waals surface area (Å²) in [5.41, 5.74) is 9.25. The van der Waals surface area contributed by atoms with E-state index in [2.05, 4.69) is 26.7 Å². The molecule has 0 radical (unpaired) electrons. The molecular formula is C18H17ClN6. The number of benzene rings is 1. The summed E-state index contributed by atoms with van der Waals surface area (Å²) in [6.45, 7) is 0. The fourth-order valence-corrected chi connectivity index (χ4v) is 2.96. The molecule has 0 amide bonds. The highest BCUT2D eigenvalue weighted by Crippen LogP contribution is 2.21. The van der Waals surface area contributed by atoms with Crippen molar-refractivity contribution in [1.29, 1.82) is 0 Å². The number of nitrogens with two attached hydrogens (primary N) is 1. The molecule has 7 heteroatoms. The maximum absolute atomic E-state index is 6.11. The lowest BCUT2D eigenvalue weighted by atomic mass is 10.1. The first-order valence-corrected chi connectivity index (χ1v) is 8.44. The molecule has 1 aliphatic carbocycles. The van der Waals surface area contributed by atoms with Crippen LogP contribution < -0.4 is 11.1 Å². The van der Waals surface area contributed by atoms with Gasteiger partial charge in [-0.25, -0.2) is 0 Å². The van der Waals surface area contributed by atoms with Gasteiger partial charge in [0.2, 0.25) is 0 Å². The van der Waals surface area contributed by atoms with E-state index >= 15 is 0 Å². The molecule has 6 nitrogen and oxygen atoms in total. The third kappa shape index (κ3) is 3.49. The Morgan fingerprint density at radius 2 is 1.96 bits per heavy atom. The number of nitrogens with zero attached hydrogens (tertiary/aromatic N) is 4. The van der Waals surface area contributed by atoms with Crippen LogP contribution in [0.5, 0.6) is 0 Å². The van der Waals surface area contributed by atoms with E-state index in [0.717, 1.165) is 46.5 Å². The number of fused-ring (bicyclic) bond motifs is 1. The maximum atomic E-state index is 6.11. The summed E-state index contributed by atoms with van der Waals surface area (Å²) >= 11 is 6.11. The second-order valence-corrected chi connectivity index (χ2v) is 6.42. The quantitative estimate of drug-likeness (QED) is 0.702. The zero-order chi connectivity index (χ0) is 17.2. The highest BCUT2D eigenvalue weighted by Gasteiger charge is 2.10. The summed E-state index contributed by atoms with van der Waals surface area (Å²) in [4.78, 5) is 0. The molecule has 0 fully saturated rings. The Balaban J connectivity index is 1.61. The number of anilines is 2. The van der Waals surface area contributed by atoms with Gasteiger partial charge < -0.3 is 11.1 Å². The predicted molar refractivity (Wildman–Crippen MR) is 99.3 cm³/mol. The van der Waals surface area contributed by atoms with Crippen LogP contribution in [0.1, 0.15) is 24.2 Å². The first kappa shape index (κ1) is 15.7. The number of allylic oxidation sites excluding steroid dienone is 3. The van der Waals surface area contributed by atoms with Gasteiger partial charge in [-0.3, -0.25) is 0 Å². The van der Waals surface area contributed by atoms with Gasteiger partial charge in [0.15, 0.2) is 17.3 Å². The zero-order valence-electron chi connectivity index (χ0n) is 13.5. The molecule has 0 atom stereocenters. The number of halogens is 1. The average Bonchev–Trinajstić information content (AvgIpc) is 2.99. The molecule has 0 spiro atoms. The van der Waals surface area contributed by atoms with E-state index in [1.807, 2.05) is 42.5 Å². The van der Waals surface area contributed by atoms with Gasteiger partial charge in [0.25, 0.3) is 0 Å². The third-order valence-electron chi connectivity index (χ3n) is 4.00. The number of hydrogen-bond acceptors (Lipinski definition) is 5. The molecular weight excluding hydrogens is 336 g/mol. The Bertz CT molecular complexity index is 971. The van der Waals surface area contributed by atoms with Crippen molar-refractivity contribution in [1.82, 2.24) is 19.8 Å². The Morgan fingerprint density at radius 1 is 1.12 bits per heavy atom. The fraction of sp³-hybridized carbons (Fsp3) is 0.167. The summed E-state index contributed by atoms with van der Waals surface area (Å²) in [7, 11) is 0. The summed E-state index contributed by atoms with van der Waals surface area (Å²) in [5, 5.41) is 17.2. The second kappa shape index (κ2) is 6.57. The second-order valence-electron chi connectivity index (χ2n) is 5.94. The van der Waals surface area contributed by atoms with Crippen molar-refractivity contribution in [2.75, 3.05) is 11.1 Å². The lowest BCUT2D eigenvalue weighted by Crippen LogP contribution is -2.06. The van der Waals surface area contributed by atoms with Crippen molar-refractivity contribution in [2.24, 2.45) is 0 Å². The SMILES string of the molecule is Nc1ccc(Cc2nnc3ccc(NC4=CCCC(Cl)=C4)nn23)cc1. The molecule has 25 heavy (non-hydrogen) atoms. The monoisotopic (exact) mass is 352 g/mol. The Kier molecular flexibility index (Phi) is 4.11. The largest absolute Gasteiger partial charge is 0.399 e. The molecule has 0 saturated heterocycles. The zero-order valence-corrected chi connectivity index (χ0v) is 14.2. The molecule has 3 aromatic rings. The Hall–Kier alpha value is -2.86. The minimum Gasteiger partial charge on any atom is -0.399 e. The molecule has 0 saturated carbocycles. The lowest BCUT2D eigenvalue weighted by Gasteiger charge is -2.11. The van der Waals surface area contributed by atoms with Gasteiger partial charge in [0.1, 0.15) is 0 Å². The van der Waals surface area contributed by atoms with Crippen LogP contribution in [0.2, 0.25) is 0 Å². The van der Waals surface area contributed by atoms with Crippen molar-refractivity contribution < 1.29 is 0 Å². The first-order valence-electron chi connectivity index (χ1n) is 8.06. The molecule has 126 valence electrons. The van der Waals surface area contributed by atoms with Crippen molar-refractivity contribution in [3.63, 3.8) is 0 Å². The minimum atomic E-state index is 0.631. The Morgan fingerprint density at radius 3 is 2.76 bits per heavy atom. The fourth-order valence-electron chi connectivity index (χ4n) is 2.73. The van der Waals surface area contributed by atoms with Gasteiger partial charge in [-0.15, -0.1) is 15.3 Å². The summed E-state index contributed by atoms with van der Waals surface area (Å²) in [6, 6.07) is 11.5. The van der Waals surface area contributed by atoms with Crippen LogP contribution in [-0.4, -0.2) is 19.8 Å². The van der Waals surface area contributed by atoms with E-state index in [1.54, 1.807) is 4.52 Å². The number of nitrogen functional groups attached to an aromatic ring is 1. The molecule has 3 N–H and O–H groups in total. The minimum absolute atomic E-state index is 0.631. The van der Waals surface area contributed by atoms with Crippen molar-refractivity contribution in [2.45, 2.75) is 19.3 Å². The highest BCUT2D eigenvalue weighted by atomic mass is 35.5. The first-order chi connectivity index (χ1) is 12.2. The van der Waals surface area contributed by atoms with Crippen molar-refractivity contribution >= 4 is 28.8 Å². The van der Waals surface area contributed by atoms with Gasteiger partial charge in [-0.2, -0.15) is 4.52 Å². The van der Waals surface area contributed by atoms with E-state index in [9.17, 15) is 0 Å².